The minimum atomic E-state index is -0.161. The molecule has 0 spiro atoms. The van der Waals surface area contributed by atoms with Gasteiger partial charge in [-0.1, -0.05) is 11.6 Å². The Hall–Kier alpha value is -0.950. The standard InChI is InChI=1S/C12H14ClN3OS2/c1-7(14)4-5-15-11(17)8-6-18-12(16-8)9-2-3-10(13)19-9/h2-3,6-7H,4-5,14H2,1H3,(H,15,17). The molecule has 1 atom stereocenters. The highest BCUT2D eigenvalue weighted by Crippen LogP contribution is 2.32. The molecule has 19 heavy (non-hydrogen) atoms. The van der Waals surface area contributed by atoms with Gasteiger partial charge in [-0.2, -0.15) is 0 Å². The van der Waals surface area contributed by atoms with Crippen LogP contribution in [-0.2, 0) is 0 Å². The van der Waals surface area contributed by atoms with Crippen molar-refractivity contribution in [2.75, 3.05) is 6.54 Å². The summed E-state index contributed by atoms with van der Waals surface area (Å²) in [4.78, 5) is 17.1. The number of nitrogens with one attached hydrogen (secondary N) is 1. The zero-order valence-corrected chi connectivity index (χ0v) is 12.7. The molecule has 0 saturated heterocycles. The van der Waals surface area contributed by atoms with Crippen LogP contribution in [0.4, 0.5) is 0 Å². The predicted molar refractivity (Wildman–Crippen MR) is 81.0 cm³/mol. The summed E-state index contributed by atoms with van der Waals surface area (Å²) in [6.45, 7) is 2.47. The molecule has 1 unspecified atom stereocenters. The van der Waals surface area contributed by atoms with Crippen molar-refractivity contribution < 1.29 is 4.79 Å². The van der Waals surface area contributed by atoms with Crippen LogP contribution in [0.1, 0.15) is 23.8 Å². The van der Waals surface area contributed by atoms with E-state index in [-0.39, 0.29) is 11.9 Å². The first kappa shape index (κ1) is 14.5. The SMILES string of the molecule is CC(N)CCNC(=O)c1csc(-c2ccc(Cl)s2)n1. The number of carbonyl (C=O) groups is 1. The lowest BCUT2D eigenvalue weighted by atomic mass is 10.2. The second-order valence-electron chi connectivity index (χ2n) is 4.16. The molecule has 0 fully saturated rings. The molecule has 4 nitrogen and oxygen atoms in total. The molecular weight excluding hydrogens is 302 g/mol. The van der Waals surface area contributed by atoms with Gasteiger partial charge in [0.15, 0.2) is 0 Å². The summed E-state index contributed by atoms with van der Waals surface area (Å²) in [5.74, 6) is -0.161. The van der Waals surface area contributed by atoms with E-state index in [4.69, 9.17) is 17.3 Å². The van der Waals surface area contributed by atoms with Crippen LogP contribution in [-0.4, -0.2) is 23.5 Å². The minimum absolute atomic E-state index is 0.0829. The van der Waals surface area contributed by atoms with Gasteiger partial charge >= 0.3 is 0 Å². The van der Waals surface area contributed by atoms with Gasteiger partial charge < -0.3 is 11.1 Å². The first-order valence-electron chi connectivity index (χ1n) is 5.81. The number of nitrogens with zero attached hydrogens (tertiary/aromatic N) is 1. The number of aromatic nitrogens is 1. The molecule has 0 aromatic carbocycles. The predicted octanol–water partition coefficient (Wildman–Crippen LogP) is 2.99. The fourth-order valence-electron chi connectivity index (χ4n) is 1.42. The van der Waals surface area contributed by atoms with Crippen molar-refractivity contribution in [3.8, 4) is 9.88 Å². The number of hydrogen-bond donors (Lipinski definition) is 2. The Balaban J connectivity index is 1.98. The number of amides is 1. The maximum Gasteiger partial charge on any atom is 0.270 e. The fraction of sp³-hybridized carbons (Fsp3) is 0.333. The monoisotopic (exact) mass is 315 g/mol. The first-order chi connectivity index (χ1) is 9.06. The zero-order chi connectivity index (χ0) is 13.8. The van der Waals surface area contributed by atoms with E-state index in [1.807, 2.05) is 19.1 Å². The van der Waals surface area contributed by atoms with Crippen molar-refractivity contribution in [3.63, 3.8) is 0 Å². The molecule has 0 saturated carbocycles. The number of hydrogen-bond acceptors (Lipinski definition) is 5. The molecule has 0 aliphatic carbocycles. The molecule has 0 aliphatic rings. The van der Waals surface area contributed by atoms with Gasteiger partial charge in [0.1, 0.15) is 10.7 Å². The Bertz CT molecular complexity index is 565. The van der Waals surface area contributed by atoms with Crippen molar-refractivity contribution in [2.45, 2.75) is 19.4 Å². The Labute approximate surface area is 124 Å². The van der Waals surface area contributed by atoms with E-state index >= 15 is 0 Å². The van der Waals surface area contributed by atoms with Crippen LogP contribution < -0.4 is 11.1 Å². The van der Waals surface area contributed by atoms with Crippen LogP contribution >= 0.6 is 34.3 Å². The third kappa shape index (κ3) is 4.01. The Kier molecular flexibility index (Phi) is 4.93. The van der Waals surface area contributed by atoms with E-state index in [2.05, 4.69) is 10.3 Å². The van der Waals surface area contributed by atoms with Gasteiger partial charge in [-0.3, -0.25) is 4.79 Å². The van der Waals surface area contributed by atoms with Gasteiger partial charge in [0.05, 0.1) is 9.21 Å². The topological polar surface area (TPSA) is 68.0 Å². The summed E-state index contributed by atoms with van der Waals surface area (Å²) >= 11 is 8.77. The molecule has 2 heterocycles. The largest absolute Gasteiger partial charge is 0.351 e. The van der Waals surface area contributed by atoms with Gasteiger partial charge in [-0.25, -0.2) is 4.98 Å². The van der Waals surface area contributed by atoms with Gasteiger partial charge in [-0.15, -0.1) is 22.7 Å². The van der Waals surface area contributed by atoms with E-state index in [0.717, 1.165) is 16.3 Å². The quantitative estimate of drug-likeness (QED) is 0.891. The lowest BCUT2D eigenvalue weighted by Gasteiger charge is -2.05. The lowest BCUT2D eigenvalue weighted by molar-refractivity contribution is 0.0948. The van der Waals surface area contributed by atoms with Crippen LogP contribution in [0.25, 0.3) is 9.88 Å². The van der Waals surface area contributed by atoms with E-state index in [0.29, 0.717) is 16.6 Å². The average Bonchev–Trinajstić information content (AvgIpc) is 2.96. The maximum atomic E-state index is 11.8. The van der Waals surface area contributed by atoms with Gasteiger partial charge in [0.25, 0.3) is 5.91 Å². The summed E-state index contributed by atoms with van der Waals surface area (Å²) in [7, 11) is 0. The lowest BCUT2D eigenvalue weighted by Crippen LogP contribution is -2.29. The normalized spacial score (nSPS) is 12.4. The van der Waals surface area contributed by atoms with Crippen LogP contribution in [0.2, 0.25) is 4.34 Å². The third-order valence-corrected chi connectivity index (χ3v) is 4.65. The van der Waals surface area contributed by atoms with Crippen molar-refractivity contribution in [1.29, 1.82) is 0 Å². The van der Waals surface area contributed by atoms with Crippen LogP contribution in [0.15, 0.2) is 17.5 Å². The molecule has 0 aliphatic heterocycles. The molecule has 0 bridgehead atoms. The van der Waals surface area contributed by atoms with E-state index in [1.54, 1.807) is 5.38 Å². The number of rotatable bonds is 5. The highest BCUT2D eigenvalue weighted by atomic mass is 35.5. The summed E-state index contributed by atoms with van der Waals surface area (Å²) in [6, 6.07) is 3.81. The first-order valence-corrected chi connectivity index (χ1v) is 7.88. The van der Waals surface area contributed by atoms with Crippen molar-refractivity contribution in [2.24, 2.45) is 5.73 Å². The Morgan fingerprint density at radius 1 is 1.58 bits per heavy atom. The smallest absolute Gasteiger partial charge is 0.270 e. The number of halogens is 1. The van der Waals surface area contributed by atoms with Gasteiger partial charge in [-0.05, 0) is 25.5 Å². The van der Waals surface area contributed by atoms with Gasteiger partial charge in [0.2, 0.25) is 0 Å². The average molecular weight is 316 g/mol. The number of carbonyl (C=O) groups excluding carboxylic acids is 1. The molecule has 2 rings (SSSR count). The second-order valence-corrected chi connectivity index (χ2v) is 6.74. The van der Waals surface area contributed by atoms with E-state index in [9.17, 15) is 4.79 Å². The van der Waals surface area contributed by atoms with Crippen molar-refractivity contribution in [3.05, 3.63) is 27.5 Å². The summed E-state index contributed by atoms with van der Waals surface area (Å²) in [6.07, 6.45) is 0.753. The van der Waals surface area contributed by atoms with Crippen LogP contribution in [0.3, 0.4) is 0 Å². The second kappa shape index (κ2) is 6.47. The summed E-state index contributed by atoms with van der Waals surface area (Å²) in [5, 5.41) is 5.37. The highest BCUT2D eigenvalue weighted by molar-refractivity contribution is 7.23. The van der Waals surface area contributed by atoms with Gasteiger partial charge in [0, 0.05) is 18.0 Å². The molecule has 0 radical (unpaired) electrons. The Morgan fingerprint density at radius 2 is 2.37 bits per heavy atom. The maximum absolute atomic E-state index is 11.8. The third-order valence-electron chi connectivity index (χ3n) is 2.41. The van der Waals surface area contributed by atoms with Crippen LogP contribution in [0.5, 0.6) is 0 Å². The molecule has 2 aromatic heterocycles. The van der Waals surface area contributed by atoms with E-state index in [1.165, 1.54) is 22.7 Å². The molecule has 7 heteroatoms. The summed E-state index contributed by atoms with van der Waals surface area (Å²) < 4.78 is 0.716. The molecule has 3 N–H and O–H groups in total. The molecule has 102 valence electrons. The van der Waals surface area contributed by atoms with Crippen molar-refractivity contribution in [1.82, 2.24) is 10.3 Å². The highest BCUT2D eigenvalue weighted by Gasteiger charge is 2.12. The summed E-state index contributed by atoms with van der Waals surface area (Å²) in [5.41, 5.74) is 6.06. The zero-order valence-electron chi connectivity index (χ0n) is 10.4. The number of thiophene rings is 1. The van der Waals surface area contributed by atoms with E-state index < -0.39 is 0 Å². The Morgan fingerprint density at radius 3 is 3.00 bits per heavy atom. The fourth-order valence-corrected chi connectivity index (χ4v) is 3.34. The molecular formula is C12H14ClN3OS2. The molecule has 2 aromatic rings. The van der Waals surface area contributed by atoms with Crippen molar-refractivity contribution >= 4 is 40.2 Å². The number of nitrogens with two attached hydrogens (primary N) is 1. The minimum Gasteiger partial charge on any atom is -0.351 e. The number of thiazole rings is 1. The molecule has 1 amide bonds. The van der Waals surface area contributed by atoms with Crippen LogP contribution in [0, 0.1) is 0 Å².